The van der Waals surface area contributed by atoms with Crippen LogP contribution in [0.5, 0.6) is 5.75 Å². The van der Waals surface area contributed by atoms with Crippen molar-refractivity contribution in [2.75, 3.05) is 6.61 Å². The molecule has 0 aliphatic heterocycles. The average Bonchev–Trinajstić information content (AvgIpc) is 2.44. The van der Waals surface area contributed by atoms with E-state index in [1.165, 1.54) is 0 Å². The van der Waals surface area contributed by atoms with Crippen LogP contribution < -0.4 is 4.74 Å². The van der Waals surface area contributed by atoms with Crippen LogP contribution in [0.15, 0.2) is 18.2 Å². The lowest BCUT2D eigenvalue weighted by Crippen LogP contribution is -2.50. The van der Waals surface area contributed by atoms with Crippen LogP contribution in [-0.2, 0) is 0 Å². The molecule has 1 N–H and O–H groups in total. The molecule has 12 heteroatoms. The molecule has 0 saturated carbocycles. The summed E-state index contributed by atoms with van der Waals surface area (Å²) in [4.78, 5) is 20.1. The van der Waals surface area contributed by atoms with Crippen LogP contribution in [0.4, 0.5) is 32.0 Å². The standard InChI is InChI=1S/C11H7F6NO5/c12-9(13)11(16,17)10(14,15)4-23-7-2-1-5(8(19)20)3-6(7)18(21)22/h1-3,9H,4H2,(H,19,20). The third-order valence-corrected chi connectivity index (χ3v) is 2.57. The first kappa shape index (κ1) is 18.5. The zero-order valence-electron chi connectivity index (χ0n) is 10.8. The van der Waals surface area contributed by atoms with E-state index in [1.54, 1.807) is 0 Å². The molecule has 0 radical (unpaired) electrons. The van der Waals surface area contributed by atoms with Gasteiger partial charge in [0.1, 0.15) is 0 Å². The van der Waals surface area contributed by atoms with Gasteiger partial charge in [-0.25, -0.2) is 13.6 Å². The van der Waals surface area contributed by atoms with E-state index in [0.29, 0.717) is 12.1 Å². The molecule has 0 bridgehead atoms. The lowest BCUT2D eigenvalue weighted by atomic mass is 10.1. The molecular formula is C11H7F6NO5. The maximum absolute atomic E-state index is 13.1. The number of hydrogen-bond donors (Lipinski definition) is 1. The van der Waals surface area contributed by atoms with Gasteiger partial charge in [0.15, 0.2) is 12.4 Å². The van der Waals surface area contributed by atoms with Crippen molar-refractivity contribution in [1.29, 1.82) is 0 Å². The molecule has 0 spiro atoms. The van der Waals surface area contributed by atoms with Crippen molar-refractivity contribution in [1.82, 2.24) is 0 Å². The van der Waals surface area contributed by atoms with Gasteiger partial charge in [-0.1, -0.05) is 0 Å². The Kier molecular flexibility index (Phi) is 5.07. The van der Waals surface area contributed by atoms with Gasteiger partial charge >= 0.3 is 29.9 Å². The Morgan fingerprint density at radius 1 is 1.30 bits per heavy atom. The Labute approximate surface area is 123 Å². The number of aromatic carboxylic acids is 1. The number of nitro benzene ring substituents is 1. The molecule has 128 valence electrons. The van der Waals surface area contributed by atoms with E-state index in [4.69, 9.17) is 5.11 Å². The van der Waals surface area contributed by atoms with Gasteiger partial charge in [-0.3, -0.25) is 10.1 Å². The van der Waals surface area contributed by atoms with Crippen LogP contribution in [0.1, 0.15) is 10.4 Å². The van der Waals surface area contributed by atoms with Crippen LogP contribution in [0.2, 0.25) is 0 Å². The third-order valence-electron chi connectivity index (χ3n) is 2.57. The number of alkyl halides is 6. The summed E-state index contributed by atoms with van der Waals surface area (Å²) in [5.41, 5.74) is -1.69. The zero-order chi connectivity index (χ0) is 18.0. The monoisotopic (exact) mass is 347 g/mol. The largest absolute Gasteiger partial charge is 0.480 e. The van der Waals surface area contributed by atoms with Crippen LogP contribution in [-0.4, -0.2) is 40.9 Å². The zero-order valence-corrected chi connectivity index (χ0v) is 10.8. The van der Waals surface area contributed by atoms with Crippen LogP contribution >= 0.6 is 0 Å². The van der Waals surface area contributed by atoms with Gasteiger partial charge in [0.2, 0.25) is 0 Å². The minimum atomic E-state index is -5.71. The second kappa shape index (κ2) is 6.30. The number of carboxylic acids is 1. The smallest absolute Gasteiger partial charge is 0.372 e. The number of carbonyl (C=O) groups is 1. The lowest BCUT2D eigenvalue weighted by molar-refractivity contribution is -0.386. The van der Waals surface area contributed by atoms with Crippen molar-refractivity contribution >= 4 is 11.7 Å². The normalized spacial score (nSPS) is 12.3. The van der Waals surface area contributed by atoms with Gasteiger partial charge in [0.05, 0.1) is 10.5 Å². The van der Waals surface area contributed by atoms with Crippen LogP contribution in [0.25, 0.3) is 0 Å². The van der Waals surface area contributed by atoms with Crippen LogP contribution in [0, 0.1) is 10.1 Å². The molecule has 1 rings (SSSR count). The number of ether oxygens (including phenoxy) is 1. The summed E-state index contributed by atoms with van der Waals surface area (Å²) in [6, 6.07) is 1.76. The van der Waals surface area contributed by atoms with Gasteiger partial charge < -0.3 is 9.84 Å². The molecule has 1 aromatic carbocycles. The second-order valence-corrected chi connectivity index (χ2v) is 4.16. The molecule has 0 aromatic heterocycles. The van der Waals surface area contributed by atoms with Gasteiger partial charge in [0.25, 0.3) is 0 Å². The van der Waals surface area contributed by atoms with Crippen molar-refractivity contribution in [3.05, 3.63) is 33.9 Å². The maximum Gasteiger partial charge on any atom is 0.372 e. The summed E-state index contributed by atoms with van der Waals surface area (Å²) < 4.78 is 79.4. The Balaban J connectivity index is 3.06. The van der Waals surface area contributed by atoms with Crippen molar-refractivity contribution in [2.24, 2.45) is 0 Å². The molecule has 1 aromatic rings. The number of hydrogen-bond acceptors (Lipinski definition) is 4. The summed E-state index contributed by atoms with van der Waals surface area (Å²) >= 11 is 0. The lowest BCUT2D eigenvalue weighted by Gasteiger charge is -2.25. The molecule has 0 saturated heterocycles. The Hall–Kier alpha value is -2.53. The van der Waals surface area contributed by atoms with E-state index in [-0.39, 0.29) is 0 Å². The maximum atomic E-state index is 13.1. The Morgan fingerprint density at radius 2 is 1.87 bits per heavy atom. The van der Waals surface area contributed by atoms with Crippen molar-refractivity contribution in [3.8, 4) is 5.75 Å². The van der Waals surface area contributed by atoms with Gasteiger partial charge in [-0.2, -0.15) is 17.6 Å². The number of carboxylic acid groups (broad SMARTS) is 1. The summed E-state index contributed by atoms with van der Waals surface area (Å²) in [6.45, 7) is -2.27. The quantitative estimate of drug-likeness (QED) is 0.465. The third kappa shape index (κ3) is 3.81. The van der Waals surface area contributed by atoms with Gasteiger partial charge in [0, 0.05) is 6.07 Å². The fourth-order valence-electron chi connectivity index (χ4n) is 1.34. The topological polar surface area (TPSA) is 89.7 Å². The first-order valence-electron chi connectivity index (χ1n) is 5.58. The van der Waals surface area contributed by atoms with E-state index in [1.807, 2.05) is 0 Å². The highest BCUT2D eigenvalue weighted by atomic mass is 19.3. The molecule has 0 atom stereocenters. The number of nitro groups is 1. The van der Waals surface area contributed by atoms with E-state index in [9.17, 15) is 41.3 Å². The summed E-state index contributed by atoms with van der Waals surface area (Å²) in [5, 5.41) is 19.3. The van der Waals surface area contributed by atoms with Gasteiger partial charge in [-0.15, -0.1) is 0 Å². The first-order chi connectivity index (χ1) is 10.4. The average molecular weight is 347 g/mol. The van der Waals surface area contributed by atoms with E-state index >= 15 is 0 Å². The number of benzene rings is 1. The fourth-order valence-corrected chi connectivity index (χ4v) is 1.34. The molecule has 0 heterocycles. The SMILES string of the molecule is O=C(O)c1ccc(OCC(F)(F)C(F)(F)C(F)F)c([N+](=O)[O-])c1. The number of halogens is 6. The summed E-state index contributed by atoms with van der Waals surface area (Å²) in [5.74, 6) is -13.6. The molecule has 0 aliphatic rings. The minimum absolute atomic E-state index is 0.446. The molecule has 23 heavy (non-hydrogen) atoms. The van der Waals surface area contributed by atoms with E-state index in [0.717, 1.165) is 6.07 Å². The van der Waals surface area contributed by atoms with Crippen LogP contribution in [0.3, 0.4) is 0 Å². The highest BCUT2D eigenvalue weighted by molar-refractivity contribution is 5.88. The molecule has 0 aliphatic carbocycles. The predicted molar refractivity (Wildman–Crippen MR) is 61.4 cm³/mol. The van der Waals surface area contributed by atoms with E-state index in [2.05, 4.69) is 4.74 Å². The first-order valence-corrected chi connectivity index (χ1v) is 5.58. The Morgan fingerprint density at radius 3 is 2.30 bits per heavy atom. The van der Waals surface area contributed by atoms with Gasteiger partial charge in [-0.05, 0) is 12.1 Å². The highest BCUT2D eigenvalue weighted by Crippen LogP contribution is 2.40. The summed E-state index contributed by atoms with van der Waals surface area (Å²) in [6.07, 6.45) is -4.68. The molecular weight excluding hydrogens is 340 g/mol. The summed E-state index contributed by atoms with van der Waals surface area (Å²) in [7, 11) is 0. The molecule has 0 unspecified atom stereocenters. The van der Waals surface area contributed by atoms with Crippen molar-refractivity contribution < 1.29 is 45.9 Å². The number of rotatable bonds is 7. The van der Waals surface area contributed by atoms with Crippen molar-refractivity contribution in [3.63, 3.8) is 0 Å². The molecule has 0 fully saturated rings. The fraction of sp³-hybridized carbons (Fsp3) is 0.364. The molecule has 0 amide bonds. The second-order valence-electron chi connectivity index (χ2n) is 4.16. The predicted octanol–water partition coefficient (Wildman–Crippen LogP) is 3.21. The van der Waals surface area contributed by atoms with Crippen molar-refractivity contribution in [2.45, 2.75) is 18.3 Å². The number of nitrogens with zero attached hydrogens (tertiary/aromatic N) is 1. The van der Waals surface area contributed by atoms with E-state index < -0.39 is 52.8 Å². The molecule has 6 nitrogen and oxygen atoms in total. The highest BCUT2D eigenvalue weighted by Gasteiger charge is 2.63. The minimum Gasteiger partial charge on any atom is -0.480 e. The Bertz CT molecular complexity index is 621.